The minimum atomic E-state index is -1.06. The highest BCUT2D eigenvalue weighted by atomic mass is 16.6. The Hall–Kier alpha value is -2.04. The van der Waals surface area contributed by atoms with Crippen LogP contribution in [-0.2, 0) is 16.1 Å². The summed E-state index contributed by atoms with van der Waals surface area (Å²) in [6.07, 6.45) is 1.24. The molecule has 108 valence electrons. The van der Waals surface area contributed by atoms with Crippen LogP contribution in [0.1, 0.15) is 24.8 Å². The lowest BCUT2D eigenvalue weighted by Gasteiger charge is -2.32. The van der Waals surface area contributed by atoms with E-state index in [4.69, 9.17) is 4.74 Å². The van der Waals surface area contributed by atoms with Crippen LogP contribution in [0.4, 0.5) is 4.79 Å². The second-order valence-electron chi connectivity index (χ2n) is 5.07. The fourth-order valence-electron chi connectivity index (χ4n) is 2.44. The summed E-state index contributed by atoms with van der Waals surface area (Å²) in [5, 5.41) is 10.6. The molecule has 0 aliphatic carbocycles. The van der Waals surface area contributed by atoms with Gasteiger partial charge < -0.3 is 19.5 Å². The molecule has 0 unspecified atom stereocenters. The predicted octanol–water partition coefficient (Wildman–Crippen LogP) is 1.18. The van der Waals surface area contributed by atoms with E-state index in [9.17, 15) is 14.7 Å². The van der Waals surface area contributed by atoms with E-state index >= 15 is 0 Å². The van der Waals surface area contributed by atoms with Gasteiger partial charge >= 0.3 is 6.09 Å². The van der Waals surface area contributed by atoms with Crippen molar-refractivity contribution in [2.75, 3.05) is 13.1 Å². The lowest BCUT2D eigenvalue weighted by molar-refractivity contribution is -0.307. The molecule has 1 aliphatic heterocycles. The second kappa shape index (κ2) is 6.93. The molecule has 1 aromatic rings. The Morgan fingerprint density at radius 2 is 2.05 bits per heavy atom. The topological polar surface area (TPSA) is 69.7 Å². The number of carboxylic acids is 1. The molecule has 0 bridgehead atoms. The Morgan fingerprint density at radius 1 is 1.30 bits per heavy atom. The molecule has 1 heterocycles. The summed E-state index contributed by atoms with van der Waals surface area (Å²) in [6, 6.07) is 9.46. The zero-order valence-corrected chi connectivity index (χ0v) is 11.3. The summed E-state index contributed by atoms with van der Waals surface area (Å²) in [5.74, 6) is -1.09. The zero-order chi connectivity index (χ0) is 14.4. The Bertz CT molecular complexity index is 460. The van der Waals surface area contributed by atoms with Gasteiger partial charge in [0, 0.05) is 19.1 Å². The summed E-state index contributed by atoms with van der Waals surface area (Å²) in [4.78, 5) is 24.1. The molecule has 1 atom stereocenters. The van der Waals surface area contributed by atoms with Crippen LogP contribution >= 0.6 is 0 Å². The van der Waals surface area contributed by atoms with Gasteiger partial charge in [0.15, 0.2) is 0 Å². The number of carbonyl (C=O) groups is 2. The maximum Gasteiger partial charge on any atom is 0.410 e. The highest BCUT2D eigenvalue weighted by molar-refractivity contribution is 5.68. The van der Waals surface area contributed by atoms with Crippen LogP contribution in [0.5, 0.6) is 0 Å². The van der Waals surface area contributed by atoms with E-state index in [2.05, 4.69) is 0 Å². The third-order valence-electron chi connectivity index (χ3n) is 3.44. The number of hydrogen-bond donors (Lipinski definition) is 0. The zero-order valence-electron chi connectivity index (χ0n) is 11.3. The number of carbonyl (C=O) groups excluding carboxylic acids is 2. The minimum absolute atomic E-state index is 0.00245. The van der Waals surface area contributed by atoms with Crippen molar-refractivity contribution >= 4 is 12.1 Å². The molecule has 1 saturated heterocycles. The Labute approximate surface area is 118 Å². The van der Waals surface area contributed by atoms with Crippen LogP contribution in [0.25, 0.3) is 0 Å². The number of amides is 1. The first-order chi connectivity index (χ1) is 9.65. The Morgan fingerprint density at radius 3 is 2.75 bits per heavy atom. The fourth-order valence-corrected chi connectivity index (χ4v) is 2.44. The largest absolute Gasteiger partial charge is 0.550 e. The SMILES string of the molecule is O=C([O-])C[C@@H]1CCCN(C(=O)OCc2ccccc2)C1. The van der Waals surface area contributed by atoms with E-state index in [-0.39, 0.29) is 25.0 Å². The first-order valence-corrected chi connectivity index (χ1v) is 6.80. The third-order valence-corrected chi connectivity index (χ3v) is 3.44. The van der Waals surface area contributed by atoms with Gasteiger partial charge in [0.2, 0.25) is 0 Å². The molecule has 1 aliphatic rings. The molecule has 0 saturated carbocycles. The molecule has 1 aromatic carbocycles. The molecule has 5 heteroatoms. The van der Waals surface area contributed by atoms with Crippen LogP contribution in [0.2, 0.25) is 0 Å². The lowest BCUT2D eigenvalue weighted by atomic mass is 9.95. The summed E-state index contributed by atoms with van der Waals surface area (Å²) in [5.41, 5.74) is 0.934. The van der Waals surface area contributed by atoms with E-state index in [1.165, 1.54) is 0 Å². The molecule has 0 aromatic heterocycles. The number of rotatable bonds is 4. The minimum Gasteiger partial charge on any atom is -0.550 e. The molecule has 1 amide bonds. The standard InChI is InChI=1S/C15H19NO4/c17-14(18)9-13-7-4-8-16(10-13)15(19)20-11-12-5-2-1-3-6-12/h1-3,5-6,13H,4,7-11H2,(H,17,18)/p-1/t13-/m0/s1. The van der Waals surface area contributed by atoms with E-state index in [0.717, 1.165) is 18.4 Å². The second-order valence-corrected chi connectivity index (χ2v) is 5.07. The summed E-state index contributed by atoms with van der Waals surface area (Å²) < 4.78 is 5.24. The highest BCUT2D eigenvalue weighted by Crippen LogP contribution is 2.20. The molecule has 20 heavy (non-hydrogen) atoms. The summed E-state index contributed by atoms with van der Waals surface area (Å²) >= 11 is 0. The van der Waals surface area contributed by atoms with Crippen molar-refractivity contribution in [1.29, 1.82) is 0 Å². The maximum atomic E-state index is 11.9. The Balaban J connectivity index is 1.81. The predicted molar refractivity (Wildman–Crippen MR) is 70.5 cm³/mol. The number of ether oxygens (including phenoxy) is 1. The van der Waals surface area contributed by atoms with Crippen LogP contribution in [0, 0.1) is 5.92 Å². The van der Waals surface area contributed by atoms with E-state index in [1.807, 2.05) is 30.3 Å². The van der Waals surface area contributed by atoms with Crippen molar-refractivity contribution in [2.24, 2.45) is 5.92 Å². The average Bonchev–Trinajstić information content (AvgIpc) is 2.45. The van der Waals surface area contributed by atoms with Gasteiger partial charge in [-0.15, -0.1) is 0 Å². The van der Waals surface area contributed by atoms with Crippen molar-refractivity contribution in [3.05, 3.63) is 35.9 Å². The lowest BCUT2D eigenvalue weighted by Crippen LogP contribution is -2.41. The third kappa shape index (κ3) is 4.26. The number of benzene rings is 1. The highest BCUT2D eigenvalue weighted by Gasteiger charge is 2.24. The van der Waals surface area contributed by atoms with Crippen molar-refractivity contribution in [1.82, 2.24) is 4.90 Å². The number of piperidine rings is 1. The Kier molecular flexibility index (Phi) is 4.98. The molecule has 0 radical (unpaired) electrons. The molecule has 0 spiro atoms. The fraction of sp³-hybridized carbons (Fsp3) is 0.467. The number of likely N-dealkylation sites (tertiary alicyclic amines) is 1. The van der Waals surface area contributed by atoms with Gasteiger partial charge in [-0.1, -0.05) is 30.3 Å². The van der Waals surface area contributed by atoms with E-state index in [1.54, 1.807) is 4.90 Å². The van der Waals surface area contributed by atoms with Gasteiger partial charge in [0.1, 0.15) is 6.61 Å². The average molecular weight is 276 g/mol. The van der Waals surface area contributed by atoms with Crippen molar-refractivity contribution < 1.29 is 19.4 Å². The van der Waals surface area contributed by atoms with Gasteiger partial charge in [-0.2, -0.15) is 0 Å². The van der Waals surface area contributed by atoms with Crippen molar-refractivity contribution in [3.8, 4) is 0 Å². The van der Waals surface area contributed by atoms with Gasteiger partial charge in [0.05, 0.1) is 0 Å². The van der Waals surface area contributed by atoms with Crippen LogP contribution < -0.4 is 5.11 Å². The number of nitrogens with zero attached hydrogens (tertiary/aromatic N) is 1. The first-order valence-electron chi connectivity index (χ1n) is 6.80. The quantitative estimate of drug-likeness (QED) is 0.828. The number of hydrogen-bond acceptors (Lipinski definition) is 4. The molecule has 0 N–H and O–H groups in total. The van der Waals surface area contributed by atoms with Gasteiger partial charge in [-0.25, -0.2) is 4.79 Å². The molecular weight excluding hydrogens is 258 g/mol. The van der Waals surface area contributed by atoms with Crippen LogP contribution in [0.15, 0.2) is 30.3 Å². The molecule has 2 rings (SSSR count). The van der Waals surface area contributed by atoms with Gasteiger partial charge in [-0.3, -0.25) is 0 Å². The summed E-state index contributed by atoms with van der Waals surface area (Å²) in [7, 11) is 0. The first kappa shape index (κ1) is 14.4. The van der Waals surface area contributed by atoms with E-state index in [0.29, 0.717) is 13.1 Å². The summed E-state index contributed by atoms with van der Waals surface area (Å²) in [6.45, 7) is 1.29. The molecular formula is C15H18NO4-. The van der Waals surface area contributed by atoms with Gasteiger partial charge in [0.25, 0.3) is 0 Å². The van der Waals surface area contributed by atoms with Crippen molar-refractivity contribution in [2.45, 2.75) is 25.9 Å². The number of aliphatic carboxylic acids is 1. The molecule has 1 fully saturated rings. The van der Waals surface area contributed by atoms with Crippen molar-refractivity contribution in [3.63, 3.8) is 0 Å². The van der Waals surface area contributed by atoms with Crippen LogP contribution in [-0.4, -0.2) is 30.1 Å². The number of carboxylic acid groups (broad SMARTS) is 1. The maximum absolute atomic E-state index is 11.9. The monoisotopic (exact) mass is 276 g/mol. The van der Waals surface area contributed by atoms with Crippen LogP contribution in [0.3, 0.4) is 0 Å². The van der Waals surface area contributed by atoms with E-state index < -0.39 is 5.97 Å². The normalized spacial score (nSPS) is 18.6. The van der Waals surface area contributed by atoms with Gasteiger partial charge in [-0.05, 0) is 30.7 Å². The molecule has 5 nitrogen and oxygen atoms in total. The smallest absolute Gasteiger partial charge is 0.410 e.